The van der Waals surface area contributed by atoms with Gasteiger partial charge in [-0.3, -0.25) is 4.79 Å². The van der Waals surface area contributed by atoms with Crippen molar-refractivity contribution in [3.05, 3.63) is 0 Å². The van der Waals surface area contributed by atoms with E-state index in [0.717, 1.165) is 0 Å². The molecule has 1 atom stereocenters. The number of esters is 1. The fraction of sp³-hybridized carbons (Fsp3) is 0.750. The monoisotopic (exact) mass is 274 g/mol. The number of nitrogens with one attached hydrogen (secondary N) is 1. The largest absolute Gasteiger partial charge is 0.480 e. The van der Waals surface area contributed by atoms with Gasteiger partial charge in [0.25, 0.3) is 0 Å². The Morgan fingerprint density at radius 2 is 1.89 bits per heavy atom. The van der Waals surface area contributed by atoms with Gasteiger partial charge in [0.2, 0.25) is 0 Å². The highest BCUT2D eigenvalue weighted by atomic mass is 16.5. The van der Waals surface area contributed by atoms with Crippen LogP contribution in [-0.4, -0.2) is 54.7 Å². The number of aliphatic carboxylic acids is 1. The van der Waals surface area contributed by atoms with E-state index in [1.807, 2.05) is 0 Å². The first-order valence-electron chi connectivity index (χ1n) is 6.10. The Labute approximate surface area is 112 Å². The van der Waals surface area contributed by atoms with Gasteiger partial charge >= 0.3 is 18.0 Å². The topological polar surface area (TPSA) is 95.9 Å². The van der Waals surface area contributed by atoms with Crippen molar-refractivity contribution in [1.29, 1.82) is 0 Å². The molecular formula is C12H22N2O5. The Hall–Kier alpha value is -1.79. The molecule has 110 valence electrons. The number of nitrogens with zero attached hydrogens (tertiary/aromatic N) is 1. The Balaban J connectivity index is 4.18. The fourth-order valence-corrected chi connectivity index (χ4v) is 1.42. The summed E-state index contributed by atoms with van der Waals surface area (Å²) >= 11 is 0. The second-order valence-electron chi connectivity index (χ2n) is 4.61. The molecule has 2 amide bonds. The van der Waals surface area contributed by atoms with E-state index in [0.29, 0.717) is 13.0 Å². The molecule has 0 fully saturated rings. The lowest BCUT2D eigenvalue weighted by molar-refractivity contribution is -0.141. The van der Waals surface area contributed by atoms with Crippen molar-refractivity contribution in [2.45, 2.75) is 32.7 Å². The van der Waals surface area contributed by atoms with Crippen LogP contribution in [0.2, 0.25) is 0 Å². The highest BCUT2D eigenvalue weighted by Gasteiger charge is 2.24. The number of carboxylic acids is 1. The number of carboxylic acid groups (broad SMARTS) is 1. The summed E-state index contributed by atoms with van der Waals surface area (Å²) in [7, 11) is 2.85. The SMILES string of the molecule is COC(=O)CCCN(C)C(=O)N[C@H](C(=O)O)C(C)C. The quantitative estimate of drug-likeness (QED) is 0.666. The molecule has 0 aliphatic carbocycles. The Kier molecular flexibility index (Phi) is 7.55. The number of urea groups is 1. The first kappa shape index (κ1) is 17.2. The van der Waals surface area contributed by atoms with Gasteiger partial charge in [-0.15, -0.1) is 0 Å². The van der Waals surface area contributed by atoms with E-state index in [4.69, 9.17) is 5.11 Å². The average molecular weight is 274 g/mol. The summed E-state index contributed by atoms with van der Waals surface area (Å²) in [5, 5.41) is 11.4. The molecule has 0 aromatic carbocycles. The molecule has 0 heterocycles. The molecule has 0 spiro atoms. The summed E-state index contributed by atoms with van der Waals surface area (Å²) in [5.41, 5.74) is 0. The van der Waals surface area contributed by atoms with Crippen molar-refractivity contribution >= 4 is 18.0 Å². The summed E-state index contributed by atoms with van der Waals surface area (Å²) in [6, 6.07) is -1.39. The van der Waals surface area contributed by atoms with Crippen molar-refractivity contribution in [2.24, 2.45) is 5.92 Å². The maximum absolute atomic E-state index is 11.7. The van der Waals surface area contributed by atoms with Gasteiger partial charge in [0.1, 0.15) is 6.04 Å². The fourth-order valence-electron chi connectivity index (χ4n) is 1.42. The lowest BCUT2D eigenvalue weighted by Gasteiger charge is -2.23. The lowest BCUT2D eigenvalue weighted by Crippen LogP contribution is -2.49. The Morgan fingerprint density at radius 1 is 1.32 bits per heavy atom. The molecule has 0 saturated heterocycles. The van der Waals surface area contributed by atoms with Crippen LogP contribution in [0.15, 0.2) is 0 Å². The zero-order valence-electron chi connectivity index (χ0n) is 11.8. The number of ether oxygens (including phenoxy) is 1. The Morgan fingerprint density at radius 3 is 2.32 bits per heavy atom. The minimum atomic E-state index is -1.06. The van der Waals surface area contributed by atoms with Gasteiger partial charge in [0.05, 0.1) is 7.11 Å². The molecular weight excluding hydrogens is 252 g/mol. The summed E-state index contributed by atoms with van der Waals surface area (Å²) in [5.74, 6) is -1.60. The van der Waals surface area contributed by atoms with Crippen molar-refractivity contribution in [1.82, 2.24) is 10.2 Å². The number of carbonyl (C=O) groups excluding carboxylic acids is 2. The highest BCUT2D eigenvalue weighted by Crippen LogP contribution is 2.03. The number of carbonyl (C=O) groups is 3. The molecule has 7 nitrogen and oxygen atoms in total. The summed E-state index contributed by atoms with van der Waals surface area (Å²) in [6.45, 7) is 3.79. The zero-order valence-corrected chi connectivity index (χ0v) is 11.8. The molecule has 0 aliphatic heterocycles. The summed E-state index contributed by atoms with van der Waals surface area (Å²) < 4.78 is 4.48. The number of rotatable bonds is 7. The van der Waals surface area contributed by atoms with Gasteiger partial charge in [-0.2, -0.15) is 0 Å². The molecule has 19 heavy (non-hydrogen) atoms. The molecule has 0 radical (unpaired) electrons. The van der Waals surface area contributed by atoms with E-state index >= 15 is 0 Å². The van der Waals surface area contributed by atoms with Crippen molar-refractivity contribution in [3.63, 3.8) is 0 Å². The lowest BCUT2D eigenvalue weighted by atomic mass is 10.1. The van der Waals surface area contributed by atoms with Crippen LogP contribution in [0.5, 0.6) is 0 Å². The van der Waals surface area contributed by atoms with Crippen molar-refractivity contribution in [3.8, 4) is 0 Å². The van der Waals surface area contributed by atoms with Gasteiger partial charge in [-0.1, -0.05) is 13.8 Å². The third-order valence-electron chi connectivity index (χ3n) is 2.66. The van der Waals surface area contributed by atoms with Gasteiger partial charge in [0, 0.05) is 20.0 Å². The normalized spacial score (nSPS) is 11.8. The van der Waals surface area contributed by atoms with E-state index in [2.05, 4.69) is 10.1 Å². The first-order chi connectivity index (χ1) is 8.79. The van der Waals surface area contributed by atoms with E-state index in [-0.39, 0.29) is 18.3 Å². The molecule has 0 saturated carbocycles. The average Bonchev–Trinajstić information content (AvgIpc) is 2.34. The van der Waals surface area contributed by atoms with E-state index in [9.17, 15) is 14.4 Å². The number of hydrogen-bond acceptors (Lipinski definition) is 4. The summed E-state index contributed by atoms with van der Waals surface area (Å²) in [4.78, 5) is 34.9. The van der Waals surface area contributed by atoms with Crippen LogP contribution in [0.3, 0.4) is 0 Å². The third kappa shape index (κ3) is 6.64. The van der Waals surface area contributed by atoms with Gasteiger partial charge < -0.3 is 20.1 Å². The van der Waals surface area contributed by atoms with Crippen LogP contribution in [0.4, 0.5) is 4.79 Å². The van der Waals surface area contributed by atoms with E-state index < -0.39 is 18.0 Å². The molecule has 0 aromatic rings. The smallest absolute Gasteiger partial charge is 0.326 e. The van der Waals surface area contributed by atoms with Crippen LogP contribution < -0.4 is 5.32 Å². The van der Waals surface area contributed by atoms with Crippen LogP contribution in [0, 0.1) is 5.92 Å². The van der Waals surface area contributed by atoms with Crippen LogP contribution >= 0.6 is 0 Å². The first-order valence-corrected chi connectivity index (χ1v) is 6.10. The second-order valence-corrected chi connectivity index (χ2v) is 4.61. The third-order valence-corrected chi connectivity index (χ3v) is 2.66. The van der Waals surface area contributed by atoms with Crippen molar-refractivity contribution in [2.75, 3.05) is 20.7 Å². The molecule has 0 aliphatic rings. The highest BCUT2D eigenvalue weighted by molar-refractivity contribution is 5.82. The van der Waals surface area contributed by atoms with Gasteiger partial charge in [-0.25, -0.2) is 9.59 Å². The second kappa shape index (κ2) is 8.34. The van der Waals surface area contributed by atoms with Crippen LogP contribution in [0.25, 0.3) is 0 Å². The maximum Gasteiger partial charge on any atom is 0.326 e. The minimum absolute atomic E-state index is 0.204. The minimum Gasteiger partial charge on any atom is -0.480 e. The number of hydrogen-bond donors (Lipinski definition) is 2. The molecule has 0 aromatic heterocycles. The summed E-state index contributed by atoms with van der Waals surface area (Å²) in [6.07, 6.45) is 0.691. The standard InChI is InChI=1S/C12H22N2O5/c1-8(2)10(11(16)17)13-12(18)14(3)7-5-6-9(15)19-4/h8,10H,5-7H2,1-4H3,(H,13,18)(H,16,17)/t10-/m0/s1. The van der Waals surface area contributed by atoms with Crippen LogP contribution in [-0.2, 0) is 14.3 Å². The van der Waals surface area contributed by atoms with E-state index in [1.54, 1.807) is 20.9 Å². The predicted molar refractivity (Wildman–Crippen MR) is 68.7 cm³/mol. The molecule has 2 N–H and O–H groups in total. The molecule has 0 bridgehead atoms. The van der Waals surface area contributed by atoms with Gasteiger partial charge in [-0.05, 0) is 12.3 Å². The van der Waals surface area contributed by atoms with E-state index in [1.165, 1.54) is 12.0 Å². The number of amides is 2. The molecule has 0 unspecified atom stereocenters. The van der Waals surface area contributed by atoms with Gasteiger partial charge in [0.15, 0.2) is 0 Å². The van der Waals surface area contributed by atoms with Crippen LogP contribution in [0.1, 0.15) is 26.7 Å². The Bertz CT molecular complexity index is 330. The number of methoxy groups -OCH3 is 1. The molecule has 0 rings (SSSR count). The molecule has 7 heteroatoms. The maximum atomic E-state index is 11.7. The van der Waals surface area contributed by atoms with Crippen molar-refractivity contribution < 1.29 is 24.2 Å². The predicted octanol–water partition coefficient (Wildman–Crippen LogP) is 0.690. The zero-order chi connectivity index (χ0) is 15.0.